The highest BCUT2D eigenvalue weighted by molar-refractivity contribution is 5.48. The van der Waals surface area contributed by atoms with Crippen LogP contribution in [-0.4, -0.2) is 43.7 Å². The van der Waals surface area contributed by atoms with Gasteiger partial charge in [-0.3, -0.25) is 4.90 Å². The molecule has 2 N–H and O–H groups in total. The molecule has 116 valence electrons. The van der Waals surface area contributed by atoms with Crippen LogP contribution in [0, 0.1) is 12.8 Å². The van der Waals surface area contributed by atoms with Crippen LogP contribution in [0.1, 0.15) is 31.2 Å². The van der Waals surface area contributed by atoms with E-state index in [1.807, 2.05) is 0 Å². The van der Waals surface area contributed by atoms with Gasteiger partial charge in [-0.05, 0) is 43.4 Å². The molecular weight excluding hydrogens is 258 g/mol. The van der Waals surface area contributed by atoms with Crippen molar-refractivity contribution in [3.8, 4) is 0 Å². The van der Waals surface area contributed by atoms with Gasteiger partial charge in [-0.1, -0.05) is 25.0 Å². The lowest BCUT2D eigenvalue weighted by molar-refractivity contribution is 0.219. The van der Waals surface area contributed by atoms with Gasteiger partial charge in [0.1, 0.15) is 0 Å². The maximum absolute atomic E-state index is 6.42. The molecule has 1 aliphatic carbocycles. The Bertz CT molecular complexity index is 446. The normalized spacial score (nSPS) is 22.7. The molecule has 21 heavy (non-hydrogen) atoms. The van der Waals surface area contributed by atoms with E-state index in [1.165, 1.54) is 36.9 Å². The highest BCUT2D eigenvalue weighted by Gasteiger charge is 2.25. The van der Waals surface area contributed by atoms with Crippen molar-refractivity contribution >= 4 is 5.69 Å². The third-order valence-corrected chi connectivity index (χ3v) is 5.21. The summed E-state index contributed by atoms with van der Waals surface area (Å²) in [4.78, 5) is 5.07. The first-order valence-corrected chi connectivity index (χ1v) is 8.52. The molecule has 3 rings (SSSR count). The van der Waals surface area contributed by atoms with Crippen LogP contribution in [0.4, 0.5) is 5.69 Å². The van der Waals surface area contributed by atoms with Crippen LogP contribution >= 0.6 is 0 Å². The summed E-state index contributed by atoms with van der Waals surface area (Å²) in [7, 11) is 0. The molecule has 2 aliphatic rings. The summed E-state index contributed by atoms with van der Waals surface area (Å²) in [5.74, 6) is 0.778. The number of piperazine rings is 1. The van der Waals surface area contributed by atoms with Crippen LogP contribution in [0.5, 0.6) is 0 Å². The van der Waals surface area contributed by atoms with Gasteiger partial charge < -0.3 is 10.6 Å². The molecule has 0 radical (unpaired) electrons. The monoisotopic (exact) mass is 287 g/mol. The van der Waals surface area contributed by atoms with Crippen molar-refractivity contribution in [2.75, 3.05) is 37.6 Å². The highest BCUT2D eigenvalue weighted by Crippen LogP contribution is 2.27. The second-order valence-corrected chi connectivity index (χ2v) is 6.84. The number of benzene rings is 1. The van der Waals surface area contributed by atoms with Gasteiger partial charge in [0.2, 0.25) is 0 Å². The lowest BCUT2D eigenvalue weighted by Crippen LogP contribution is -2.51. The number of nitrogens with two attached hydrogens (primary N) is 1. The number of hydrogen-bond donors (Lipinski definition) is 1. The number of rotatable bonds is 4. The van der Waals surface area contributed by atoms with E-state index in [4.69, 9.17) is 5.73 Å². The van der Waals surface area contributed by atoms with Crippen molar-refractivity contribution in [3.63, 3.8) is 0 Å². The largest absolute Gasteiger partial charge is 0.369 e. The molecule has 1 aliphatic heterocycles. The molecular formula is C18H29N3. The molecule has 1 unspecified atom stereocenters. The minimum atomic E-state index is 0.387. The van der Waals surface area contributed by atoms with Gasteiger partial charge in [-0.2, -0.15) is 0 Å². The third-order valence-electron chi connectivity index (χ3n) is 5.21. The van der Waals surface area contributed by atoms with Gasteiger partial charge in [-0.25, -0.2) is 0 Å². The minimum Gasteiger partial charge on any atom is -0.369 e. The Hall–Kier alpha value is -1.06. The summed E-state index contributed by atoms with van der Waals surface area (Å²) < 4.78 is 0. The summed E-state index contributed by atoms with van der Waals surface area (Å²) >= 11 is 0. The van der Waals surface area contributed by atoms with Crippen LogP contribution in [0.25, 0.3) is 0 Å². The van der Waals surface area contributed by atoms with Gasteiger partial charge in [0.25, 0.3) is 0 Å². The standard InChI is InChI=1S/C18H29N3/c1-15-5-4-8-17(13-15)21-11-9-20(10-12-21)14-18(19)16-6-2-3-7-16/h4-5,8,13,16,18H,2-3,6-7,9-12,14,19H2,1H3. The molecule has 1 aromatic rings. The first kappa shape index (κ1) is 14.9. The second kappa shape index (κ2) is 6.80. The van der Waals surface area contributed by atoms with Gasteiger partial charge in [0.15, 0.2) is 0 Å². The molecule has 0 amide bonds. The highest BCUT2D eigenvalue weighted by atomic mass is 15.3. The number of hydrogen-bond acceptors (Lipinski definition) is 3. The fourth-order valence-corrected chi connectivity index (χ4v) is 3.85. The van der Waals surface area contributed by atoms with E-state index in [9.17, 15) is 0 Å². The maximum atomic E-state index is 6.42. The van der Waals surface area contributed by atoms with E-state index in [0.717, 1.165) is 38.6 Å². The van der Waals surface area contributed by atoms with E-state index in [1.54, 1.807) is 0 Å². The number of aryl methyl sites for hydroxylation is 1. The summed E-state index contributed by atoms with van der Waals surface area (Å²) in [6, 6.07) is 9.23. The van der Waals surface area contributed by atoms with E-state index < -0.39 is 0 Å². The fourth-order valence-electron chi connectivity index (χ4n) is 3.85. The van der Waals surface area contributed by atoms with Gasteiger partial charge in [0, 0.05) is 44.5 Å². The summed E-state index contributed by atoms with van der Waals surface area (Å²) in [6.45, 7) is 7.80. The van der Waals surface area contributed by atoms with E-state index in [0.29, 0.717) is 6.04 Å². The van der Waals surface area contributed by atoms with Crippen LogP contribution < -0.4 is 10.6 Å². The lowest BCUT2D eigenvalue weighted by Gasteiger charge is -2.38. The fraction of sp³-hybridized carbons (Fsp3) is 0.667. The van der Waals surface area contributed by atoms with E-state index >= 15 is 0 Å². The second-order valence-electron chi connectivity index (χ2n) is 6.84. The van der Waals surface area contributed by atoms with Crippen molar-refractivity contribution < 1.29 is 0 Å². The van der Waals surface area contributed by atoms with Gasteiger partial charge in [-0.15, -0.1) is 0 Å². The average molecular weight is 287 g/mol. The van der Waals surface area contributed by atoms with E-state index in [2.05, 4.69) is 41.0 Å². The zero-order valence-electron chi connectivity index (χ0n) is 13.3. The summed E-state index contributed by atoms with van der Waals surface area (Å²) in [5, 5.41) is 0. The first-order chi connectivity index (χ1) is 10.2. The predicted octanol–water partition coefficient (Wildman–Crippen LogP) is 2.63. The molecule has 1 atom stereocenters. The molecule has 2 fully saturated rings. The van der Waals surface area contributed by atoms with Crippen molar-refractivity contribution in [2.45, 2.75) is 38.6 Å². The predicted molar refractivity (Wildman–Crippen MR) is 89.8 cm³/mol. The Kier molecular flexibility index (Phi) is 4.81. The molecule has 3 heteroatoms. The SMILES string of the molecule is Cc1cccc(N2CCN(CC(N)C3CCCC3)CC2)c1. The molecule has 1 saturated carbocycles. The number of nitrogens with zero attached hydrogens (tertiary/aromatic N) is 2. The molecule has 1 heterocycles. The minimum absolute atomic E-state index is 0.387. The Morgan fingerprint density at radius 3 is 2.52 bits per heavy atom. The molecule has 0 aromatic heterocycles. The van der Waals surface area contributed by atoms with Crippen LogP contribution in [0.2, 0.25) is 0 Å². The van der Waals surface area contributed by atoms with Crippen molar-refractivity contribution in [1.82, 2.24) is 4.90 Å². The third kappa shape index (κ3) is 3.78. The Labute approximate surface area is 129 Å². The van der Waals surface area contributed by atoms with Crippen molar-refractivity contribution in [2.24, 2.45) is 11.7 Å². The Morgan fingerprint density at radius 1 is 1.14 bits per heavy atom. The molecule has 0 bridgehead atoms. The van der Waals surface area contributed by atoms with E-state index in [-0.39, 0.29) is 0 Å². The van der Waals surface area contributed by atoms with Crippen LogP contribution in [0.15, 0.2) is 24.3 Å². The Morgan fingerprint density at radius 2 is 1.86 bits per heavy atom. The molecule has 0 spiro atoms. The number of anilines is 1. The maximum Gasteiger partial charge on any atom is 0.0369 e. The van der Waals surface area contributed by atoms with Crippen LogP contribution in [0.3, 0.4) is 0 Å². The smallest absolute Gasteiger partial charge is 0.0369 e. The van der Waals surface area contributed by atoms with Crippen molar-refractivity contribution in [1.29, 1.82) is 0 Å². The summed E-state index contributed by atoms with van der Waals surface area (Å²) in [6.07, 6.45) is 5.48. The van der Waals surface area contributed by atoms with Crippen molar-refractivity contribution in [3.05, 3.63) is 29.8 Å². The zero-order chi connectivity index (χ0) is 14.7. The molecule has 1 saturated heterocycles. The summed E-state index contributed by atoms with van der Waals surface area (Å²) in [5.41, 5.74) is 9.14. The zero-order valence-corrected chi connectivity index (χ0v) is 13.3. The lowest BCUT2D eigenvalue weighted by atomic mass is 9.98. The van der Waals surface area contributed by atoms with Crippen LogP contribution in [-0.2, 0) is 0 Å². The topological polar surface area (TPSA) is 32.5 Å². The first-order valence-electron chi connectivity index (χ1n) is 8.52. The Balaban J connectivity index is 1.48. The molecule has 3 nitrogen and oxygen atoms in total. The van der Waals surface area contributed by atoms with Gasteiger partial charge in [0.05, 0.1) is 0 Å². The molecule has 1 aromatic carbocycles. The quantitative estimate of drug-likeness (QED) is 0.924. The van der Waals surface area contributed by atoms with Gasteiger partial charge >= 0.3 is 0 Å². The average Bonchev–Trinajstić information content (AvgIpc) is 3.02.